The SMILES string of the molecule is CCC(Sc1nc(C(C)C)nc(C)c1C(=O)O)C(N)=O. The predicted molar refractivity (Wildman–Crippen MR) is 76.9 cm³/mol. The number of carbonyl (C=O) groups excluding carboxylic acids is 1. The molecule has 1 heterocycles. The summed E-state index contributed by atoms with van der Waals surface area (Å²) < 4.78 is 0. The number of hydrogen-bond acceptors (Lipinski definition) is 5. The third-order valence-corrected chi connectivity index (χ3v) is 4.12. The van der Waals surface area contributed by atoms with Gasteiger partial charge in [-0.2, -0.15) is 0 Å². The summed E-state index contributed by atoms with van der Waals surface area (Å²) in [5.41, 5.74) is 5.75. The highest BCUT2D eigenvalue weighted by atomic mass is 32.2. The van der Waals surface area contributed by atoms with Crippen LogP contribution in [0.2, 0.25) is 0 Å². The first-order valence-electron chi connectivity index (χ1n) is 6.35. The number of aromatic nitrogens is 2. The molecule has 1 unspecified atom stereocenters. The summed E-state index contributed by atoms with van der Waals surface area (Å²) in [6.07, 6.45) is 0.513. The van der Waals surface area contributed by atoms with Gasteiger partial charge in [-0.05, 0) is 13.3 Å². The van der Waals surface area contributed by atoms with Crippen LogP contribution in [0.3, 0.4) is 0 Å². The second-order valence-electron chi connectivity index (χ2n) is 4.72. The van der Waals surface area contributed by atoms with E-state index in [1.54, 1.807) is 6.92 Å². The predicted octanol–water partition coefficient (Wildman–Crippen LogP) is 1.96. The Morgan fingerprint density at radius 2 is 1.95 bits per heavy atom. The molecule has 7 heteroatoms. The Balaban J connectivity index is 3.33. The quantitative estimate of drug-likeness (QED) is 0.614. The van der Waals surface area contributed by atoms with E-state index in [-0.39, 0.29) is 11.5 Å². The van der Waals surface area contributed by atoms with Gasteiger partial charge in [-0.15, -0.1) is 0 Å². The zero-order valence-electron chi connectivity index (χ0n) is 12.0. The average molecular weight is 297 g/mol. The highest BCUT2D eigenvalue weighted by molar-refractivity contribution is 8.00. The molecule has 3 N–H and O–H groups in total. The number of hydrogen-bond donors (Lipinski definition) is 2. The Bertz CT molecular complexity index is 532. The summed E-state index contributed by atoms with van der Waals surface area (Å²) in [6.45, 7) is 7.30. The van der Waals surface area contributed by atoms with E-state index in [9.17, 15) is 14.7 Å². The fourth-order valence-corrected chi connectivity index (χ4v) is 2.69. The lowest BCUT2D eigenvalue weighted by molar-refractivity contribution is -0.117. The summed E-state index contributed by atoms with van der Waals surface area (Å²) in [5.74, 6) is -0.935. The van der Waals surface area contributed by atoms with E-state index in [1.807, 2.05) is 20.8 Å². The van der Waals surface area contributed by atoms with Crippen molar-refractivity contribution in [2.75, 3.05) is 0 Å². The first kappa shape index (κ1) is 16.4. The normalized spacial score (nSPS) is 12.4. The molecular weight excluding hydrogens is 278 g/mol. The molecule has 0 saturated carbocycles. The molecule has 0 aliphatic rings. The van der Waals surface area contributed by atoms with E-state index >= 15 is 0 Å². The maximum atomic E-state index is 11.4. The number of rotatable bonds is 6. The summed E-state index contributed by atoms with van der Waals surface area (Å²) in [7, 11) is 0. The van der Waals surface area contributed by atoms with Crippen LogP contribution in [0.25, 0.3) is 0 Å². The van der Waals surface area contributed by atoms with Gasteiger partial charge in [-0.3, -0.25) is 4.79 Å². The number of aromatic carboxylic acids is 1. The summed E-state index contributed by atoms with van der Waals surface area (Å²) >= 11 is 1.09. The molecule has 0 aromatic carbocycles. The Hall–Kier alpha value is -1.63. The van der Waals surface area contributed by atoms with Crippen LogP contribution in [0, 0.1) is 6.92 Å². The molecule has 0 aliphatic heterocycles. The van der Waals surface area contributed by atoms with Crippen LogP contribution >= 0.6 is 11.8 Å². The average Bonchev–Trinajstić information content (AvgIpc) is 2.33. The number of carboxylic acids is 1. The number of primary amides is 1. The third-order valence-electron chi connectivity index (χ3n) is 2.75. The minimum absolute atomic E-state index is 0.0408. The molecule has 6 nitrogen and oxygen atoms in total. The molecule has 0 spiro atoms. The van der Waals surface area contributed by atoms with Gasteiger partial charge in [0.25, 0.3) is 0 Å². The summed E-state index contributed by atoms with van der Waals surface area (Å²) in [6, 6.07) is 0. The largest absolute Gasteiger partial charge is 0.478 e. The van der Waals surface area contributed by atoms with E-state index in [1.165, 1.54) is 0 Å². The van der Waals surface area contributed by atoms with Gasteiger partial charge < -0.3 is 10.8 Å². The highest BCUT2D eigenvalue weighted by Crippen LogP contribution is 2.29. The van der Waals surface area contributed by atoms with Gasteiger partial charge in [0.2, 0.25) is 5.91 Å². The van der Waals surface area contributed by atoms with Gasteiger partial charge in [0.1, 0.15) is 16.4 Å². The molecular formula is C13H19N3O3S. The van der Waals surface area contributed by atoms with Gasteiger partial charge >= 0.3 is 5.97 Å². The monoisotopic (exact) mass is 297 g/mol. The van der Waals surface area contributed by atoms with Gasteiger partial charge in [0, 0.05) is 5.92 Å². The Kier molecular flexibility index (Phi) is 5.50. The maximum Gasteiger partial charge on any atom is 0.340 e. The van der Waals surface area contributed by atoms with Gasteiger partial charge in [-0.25, -0.2) is 14.8 Å². The second-order valence-corrected chi connectivity index (χ2v) is 5.92. The molecule has 1 aromatic rings. The van der Waals surface area contributed by atoms with E-state index in [2.05, 4.69) is 9.97 Å². The second kappa shape index (κ2) is 6.69. The topological polar surface area (TPSA) is 106 Å². The zero-order chi connectivity index (χ0) is 15.4. The van der Waals surface area contributed by atoms with Gasteiger partial charge in [-0.1, -0.05) is 32.5 Å². The molecule has 1 amide bonds. The van der Waals surface area contributed by atoms with Crippen LogP contribution in [0.15, 0.2) is 5.03 Å². The molecule has 0 bridgehead atoms. The number of thioether (sulfide) groups is 1. The summed E-state index contributed by atoms with van der Waals surface area (Å²) in [4.78, 5) is 31.2. The number of nitrogens with zero attached hydrogens (tertiary/aromatic N) is 2. The Morgan fingerprint density at radius 1 is 1.35 bits per heavy atom. The van der Waals surface area contributed by atoms with Crippen LogP contribution in [0.5, 0.6) is 0 Å². The Labute approximate surface area is 122 Å². The zero-order valence-corrected chi connectivity index (χ0v) is 12.8. The molecule has 1 rings (SSSR count). The number of amides is 1. The molecule has 1 atom stereocenters. The van der Waals surface area contributed by atoms with Crippen LogP contribution < -0.4 is 5.73 Å². The molecule has 0 saturated heterocycles. The lowest BCUT2D eigenvalue weighted by Crippen LogP contribution is -2.25. The third kappa shape index (κ3) is 3.69. The van der Waals surface area contributed by atoms with Crippen molar-refractivity contribution in [3.05, 3.63) is 17.1 Å². The van der Waals surface area contributed by atoms with Crippen LogP contribution in [0.4, 0.5) is 0 Å². The molecule has 20 heavy (non-hydrogen) atoms. The van der Waals surface area contributed by atoms with Crippen LogP contribution in [-0.4, -0.2) is 32.2 Å². The van der Waals surface area contributed by atoms with Crippen LogP contribution in [-0.2, 0) is 4.79 Å². The molecule has 0 fully saturated rings. The fraction of sp³-hybridized carbons (Fsp3) is 0.538. The van der Waals surface area contributed by atoms with E-state index < -0.39 is 17.1 Å². The highest BCUT2D eigenvalue weighted by Gasteiger charge is 2.24. The molecule has 1 aromatic heterocycles. The van der Waals surface area contributed by atoms with Crippen molar-refractivity contribution < 1.29 is 14.7 Å². The number of aryl methyl sites for hydroxylation is 1. The summed E-state index contributed by atoms with van der Waals surface area (Å²) in [5, 5.41) is 9.10. The van der Waals surface area contributed by atoms with Crippen LogP contribution in [0.1, 0.15) is 55.0 Å². The minimum Gasteiger partial charge on any atom is -0.478 e. The fourth-order valence-electron chi connectivity index (χ4n) is 1.63. The van der Waals surface area contributed by atoms with Gasteiger partial charge in [0.15, 0.2) is 0 Å². The lowest BCUT2D eigenvalue weighted by atomic mass is 10.2. The first-order chi connectivity index (χ1) is 9.27. The van der Waals surface area contributed by atoms with Crippen molar-refractivity contribution in [1.82, 2.24) is 9.97 Å². The van der Waals surface area contributed by atoms with Gasteiger partial charge in [0.05, 0.1) is 10.9 Å². The number of nitrogens with two attached hydrogens (primary N) is 1. The van der Waals surface area contributed by atoms with E-state index in [4.69, 9.17) is 5.73 Å². The lowest BCUT2D eigenvalue weighted by Gasteiger charge is -2.15. The van der Waals surface area contributed by atoms with Crippen molar-refractivity contribution in [2.45, 2.75) is 50.3 Å². The van der Waals surface area contributed by atoms with E-state index in [0.717, 1.165) is 11.8 Å². The molecule has 110 valence electrons. The molecule has 0 radical (unpaired) electrons. The van der Waals surface area contributed by atoms with Crippen molar-refractivity contribution in [1.29, 1.82) is 0 Å². The smallest absolute Gasteiger partial charge is 0.340 e. The number of carboxylic acid groups (broad SMARTS) is 1. The van der Waals surface area contributed by atoms with Crippen molar-refractivity contribution in [3.8, 4) is 0 Å². The van der Waals surface area contributed by atoms with Crippen molar-refractivity contribution in [3.63, 3.8) is 0 Å². The Morgan fingerprint density at radius 3 is 2.35 bits per heavy atom. The minimum atomic E-state index is -1.10. The maximum absolute atomic E-state index is 11.4. The van der Waals surface area contributed by atoms with E-state index in [0.29, 0.717) is 23.0 Å². The first-order valence-corrected chi connectivity index (χ1v) is 7.23. The van der Waals surface area contributed by atoms with Crippen molar-refractivity contribution in [2.24, 2.45) is 5.73 Å². The number of carbonyl (C=O) groups is 2. The standard InChI is InChI=1S/C13H19N3O3S/c1-5-8(10(14)17)20-12-9(13(18)19)7(4)15-11(16-12)6(2)3/h6,8H,5H2,1-4H3,(H2,14,17)(H,18,19). The molecule has 0 aliphatic carbocycles. The van der Waals surface area contributed by atoms with Crippen molar-refractivity contribution >= 4 is 23.6 Å².